The molecule has 0 aliphatic carbocycles. The molecule has 0 aromatic heterocycles. The molecule has 0 bridgehead atoms. The minimum atomic E-state index is -2.53. The third-order valence-corrected chi connectivity index (χ3v) is 2.02. The lowest BCUT2D eigenvalue weighted by molar-refractivity contribution is 0.243. The molecule has 2 unspecified atom stereocenters. The summed E-state index contributed by atoms with van der Waals surface area (Å²) in [4.78, 5) is 8.53. The Hall–Kier alpha value is -0.760. The molecule has 58 valence electrons. The van der Waals surface area contributed by atoms with E-state index >= 15 is 0 Å². The van der Waals surface area contributed by atoms with Crippen molar-refractivity contribution in [1.82, 2.24) is 0 Å². The largest absolute Gasteiger partial charge is 1.00 e. The van der Waals surface area contributed by atoms with Gasteiger partial charge in [-0.2, -0.15) is 4.89 Å². The molecule has 11 heavy (non-hydrogen) atoms. The van der Waals surface area contributed by atoms with Crippen LogP contribution in [0.1, 0.15) is 14.3 Å². The Labute approximate surface area is 68.1 Å². The first-order chi connectivity index (χ1) is 5.22. The molecule has 0 aliphatic rings. The first kappa shape index (κ1) is 8.34. The summed E-state index contributed by atoms with van der Waals surface area (Å²) in [5, 5.41) is 9.06. The Bertz CT molecular complexity index is 255. The molecular formula is C7H10O3P+3. The average molecular weight is 173 g/mol. The molecule has 0 heterocycles. The van der Waals surface area contributed by atoms with Crippen molar-refractivity contribution in [1.29, 1.82) is 0 Å². The van der Waals surface area contributed by atoms with Gasteiger partial charge in [0.2, 0.25) is 0 Å². The van der Waals surface area contributed by atoms with Gasteiger partial charge in [0.1, 0.15) is 0 Å². The van der Waals surface area contributed by atoms with E-state index in [2.05, 4.69) is 0 Å². The minimum Gasteiger partial charge on any atom is -0.345 e. The van der Waals surface area contributed by atoms with Crippen LogP contribution in [0.4, 0.5) is 0 Å². The second kappa shape index (κ2) is 3.58. The molecular weight excluding hydrogens is 163 g/mol. The van der Waals surface area contributed by atoms with E-state index in [0.29, 0.717) is 5.56 Å². The maximum absolute atomic E-state index is 10.4. The van der Waals surface area contributed by atoms with Gasteiger partial charge in [0.15, 0.2) is 0 Å². The molecule has 0 aliphatic heterocycles. The van der Waals surface area contributed by atoms with Crippen molar-refractivity contribution < 1.29 is 17.4 Å². The van der Waals surface area contributed by atoms with Crippen LogP contribution in [0.3, 0.4) is 0 Å². The van der Waals surface area contributed by atoms with Gasteiger partial charge in [0, 0.05) is 5.56 Å². The summed E-state index contributed by atoms with van der Waals surface area (Å²) in [6.45, 7) is 0. The minimum absolute atomic E-state index is 0. The fraction of sp³-hybridized carbons (Fsp3) is 0.143. The predicted octanol–water partition coefficient (Wildman–Crippen LogP) is 1.64. The highest BCUT2D eigenvalue weighted by Crippen LogP contribution is 2.34. The molecule has 4 heteroatoms. The summed E-state index contributed by atoms with van der Waals surface area (Å²) >= 11 is 0. The van der Waals surface area contributed by atoms with Gasteiger partial charge >= 0.3 is 16.7 Å². The maximum atomic E-state index is 10.4. The maximum Gasteiger partial charge on any atom is 1.00 e. The predicted molar refractivity (Wildman–Crippen MR) is 43.5 cm³/mol. The summed E-state index contributed by atoms with van der Waals surface area (Å²) in [6, 6.07) is 8.40. The van der Waals surface area contributed by atoms with Gasteiger partial charge in [-0.3, -0.25) is 0 Å². The third kappa shape index (κ3) is 2.09. The molecule has 2 atom stereocenters. The smallest absolute Gasteiger partial charge is 0.345 e. The zero-order valence-electron chi connectivity index (χ0n) is 7.71. The fourth-order valence-electron chi connectivity index (χ4n) is 0.753. The van der Waals surface area contributed by atoms with Crippen molar-refractivity contribution in [3.8, 4) is 0 Å². The van der Waals surface area contributed by atoms with Crippen LogP contribution in [-0.2, 0) is 4.57 Å². The van der Waals surface area contributed by atoms with Crippen molar-refractivity contribution in [3.05, 3.63) is 35.9 Å². The molecule has 3 nitrogen and oxygen atoms in total. The monoisotopic (exact) mass is 173 g/mol. The Morgan fingerprint density at radius 1 is 1.36 bits per heavy atom. The number of aliphatic hydroxyl groups is 1. The van der Waals surface area contributed by atoms with Gasteiger partial charge in [-0.05, 0) is 4.57 Å². The molecule has 1 aromatic carbocycles. The van der Waals surface area contributed by atoms with Crippen LogP contribution in [0.15, 0.2) is 30.3 Å². The Morgan fingerprint density at radius 2 is 1.91 bits per heavy atom. The van der Waals surface area contributed by atoms with E-state index in [1.165, 1.54) is 0 Å². The van der Waals surface area contributed by atoms with Crippen molar-refractivity contribution in [2.75, 3.05) is 0 Å². The van der Waals surface area contributed by atoms with E-state index in [0.717, 1.165) is 0 Å². The number of rotatable bonds is 2. The van der Waals surface area contributed by atoms with E-state index in [4.69, 9.17) is 10.00 Å². The molecule has 0 radical (unpaired) electrons. The molecule has 0 saturated heterocycles. The lowest BCUT2D eigenvalue weighted by atomic mass is 10.2. The highest BCUT2D eigenvalue weighted by Gasteiger charge is 2.27. The van der Waals surface area contributed by atoms with E-state index in [-0.39, 0.29) is 2.85 Å². The molecule has 0 saturated carbocycles. The van der Waals surface area contributed by atoms with Crippen molar-refractivity contribution >= 4 is 8.03 Å². The normalized spacial score (nSPS) is 14.2. The summed E-state index contributed by atoms with van der Waals surface area (Å²) in [5.74, 6) is -1.26. The van der Waals surface area contributed by atoms with Crippen LogP contribution in [0.25, 0.3) is 0 Å². The number of benzene rings is 1. The summed E-state index contributed by atoms with van der Waals surface area (Å²) in [7, 11) is -2.53. The van der Waals surface area contributed by atoms with Gasteiger partial charge in [0.25, 0.3) is 0 Å². The van der Waals surface area contributed by atoms with Gasteiger partial charge in [-0.15, -0.1) is 0 Å². The number of aliphatic hydroxyl groups excluding tert-OH is 1. The van der Waals surface area contributed by atoms with Gasteiger partial charge in [-0.25, -0.2) is 0 Å². The lowest BCUT2D eigenvalue weighted by Gasteiger charge is -1.94. The first-order valence-corrected chi connectivity index (χ1v) is 4.38. The van der Waals surface area contributed by atoms with Gasteiger partial charge in [-0.1, -0.05) is 30.3 Å². The Morgan fingerprint density at radius 3 is 2.36 bits per heavy atom. The number of hydrogen-bond acceptors (Lipinski definition) is 2. The van der Waals surface area contributed by atoms with E-state index in [9.17, 15) is 4.57 Å². The molecule has 1 rings (SSSR count). The van der Waals surface area contributed by atoms with Crippen LogP contribution < -0.4 is 0 Å². The zero-order chi connectivity index (χ0) is 8.27. The second-order valence-corrected chi connectivity index (χ2v) is 3.18. The van der Waals surface area contributed by atoms with Gasteiger partial charge in [0.05, 0.1) is 0 Å². The van der Waals surface area contributed by atoms with E-state index < -0.39 is 13.9 Å². The van der Waals surface area contributed by atoms with Crippen molar-refractivity contribution in [2.45, 2.75) is 5.85 Å². The van der Waals surface area contributed by atoms with Crippen LogP contribution in [0, 0.1) is 0 Å². The van der Waals surface area contributed by atoms with E-state index in [1.54, 1.807) is 30.3 Å². The molecule has 0 fully saturated rings. The highest BCUT2D eigenvalue weighted by molar-refractivity contribution is 7.38. The van der Waals surface area contributed by atoms with Crippen molar-refractivity contribution in [2.24, 2.45) is 0 Å². The molecule has 2 N–H and O–H groups in total. The zero-order valence-corrected chi connectivity index (χ0v) is 6.61. The van der Waals surface area contributed by atoms with Crippen LogP contribution in [-0.4, -0.2) is 10.00 Å². The summed E-state index contributed by atoms with van der Waals surface area (Å²) in [6.07, 6.45) is 0. The topological polar surface area (TPSA) is 57.5 Å². The highest BCUT2D eigenvalue weighted by atomic mass is 31.1. The Kier molecular flexibility index (Phi) is 2.71. The fourth-order valence-corrected chi connectivity index (χ4v) is 1.18. The van der Waals surface area contributed by atoms with Crippen LogP contribution in [0.2, 0.25) is 0 Å². The third-order valence-electron chi connectivity index (χ3n) is 1.31. The quantitative estimate of drug-likeness (QED) is 0.668. The van der Waals surface area contributed by atoms with Crippen molar-refractivity contribution in [3.63, 3.8) is 0 Å². The number of hydrogen-bond donors (Lipinski definition) is 2. The van der Waals surface area contributed by atoms with Crippen LogP contribution in [0.5, 0.6) is 0 Å². The summed E-state index contributed by atoms with van der Waals surface area (Å²) in [5.41, 5.74) is 0.469. The summed E-state index contributed by atoms with van der Waals surface area (Å²) < 4.78 is 10.4. The average Bonchev–Trinajstić information content (AvgIpc) is 2.05. The molecule has 0 spiro atoms. The van der Waals surface area contributed by atoms with Crippen LogP contribution >= 0.6 is 8.03 Å². The van der Waals surface area contributed by atoms with Gasteiger partial charge < -0.3 is 5.11 Å². The Balaban J connectivity index is 0. The second-order valence-electron chi connectivity index (χ2n) is 2.09. The molecule has 1 aromatic rings. The lowest BCUT2D eigenvalue weighted by Crippen LogP contribution is -1.89. The van der Waals surface area contributed by atoms with E-state index in [1.807, 2.05) is 0 Å². The molecule has 0 amide bonds. The first-order valence-electron chi connectivity index (χ1n) is 3.10. The SMILES string of the molecule is O=[P+](O)C(O)c1ccccc1.[H+].[H+]. The standard InChI is InChI=1S/C7H7O3P/c8-7(11(9)10)6-4-2-1-3-5-6/h1-5,7-8H/p+3.